The van der Waals surface area contributed by atoms with Gasteiger partial charge >= 0.3 is 17.9 Å². The number of rotatable bonds is 55. The zero-order valence-electron chi connectivity index (χ0n) is 45.2. The first kappa shape index (κ1) is 64.4. The molecule has 6 heteroatoms. The third-order valence-electron chi connectivity index (χ3n) is 14.2. The highest BCUT2D eigenvalue weighted by Gasteiger charge is 2.19. The maximum Gasteiger partial charge on any atom is 0.306 e. The number of hydrogen-bond donors (Lipinski definition) is 0. The summed E-state index contributed by atoms with van der Waals surface area (Å²) in [6.07, 6.45) is 59.4. The quantitative estimate of drug-likeness (QED) is 0.0343. The molecule has 0 saturated heterocycles. The molecule has 0 spiro atoms. The zero-order valence-corrected chi connectivity index (χ0v) is 45.2. The van der Waals surface area contributed by atoms with E-state index in [0.717, 1.165) is 63.7 Å². The van der Waals surface area contributed by atoms with Gasteiger partial charge in [-0.1, -0.05) is 304 Å². The van der Waals surface area contributed by atoms with Gasteiger partial charge in [0, 0.05) is 19.3 Å². The SMILES string of the molecule is CCCCCCCCCCCCCCCCCCCCC(=O)OC[C@H](COC(=O)CCCCCCCCCCCCCC)OC(=O)CCCCCCCCCCCCCCCCC(C)CC. The van der Waals surface area contributed by atoms with E-state index in [2.05, 4.69) is 27.7 Å². The van der Waals surface area contributed by atoms with Crippen LogP contribution in [0.2, 0.25) is 0 Å². The van der Waals surface area contributed by atoms with Crippen molar-refractivity contribution in [3.8, 4) is 0 Å². The summed E-state index contributed by atoms with van der Waals surface area (Å²) in [7, 11) is 0. The largest absolute Gasteiger partial charge is 0.462 e. The molecule has 0 aliphatic carbocycles. The van der Waals surface area contributed by atoms with Crippen LogP contribution in [0.5, 0.6) is 0 Å². The van der Waals surface area contributed by atoms with Crippen LogP contribution in [-0.4, -0.2) is 37.2 Å². The second kappa shape index (κ2) is 54.4. The van der Waals surface area contributed by atoms with E-state index in [1.165, 1.54) is 238 Å². The molecule has 392 valence electrons. The molecule has 0 aliphatic heterocycles. The van der Waals surface area contributed by atoms with Crippen molar-refractivity contribution >= 4 is 17.9 Å². The van der Waals surface area contributed by atoms with E-state index in [0.29, 0.717) is 19.3 Å². The number of esters is 3. The van der Waals surface area contributed by atoms with Gasteiger partial charge < -0.3 is 14.2 Å². The molecule has 0 fully saturated rings. The molecule has 0 rings (SSSR count). The lowest BCUT2D eigenvalue weighted by molar-refractivity contribution is -0.167. The summed E-state index contributed by atoms with van der Waals surface area (Å²) in [5.41, 5.74) is 0. The van der Waals surface area contributed by atoms with Gasteiger partial charge in [-0.05, 0) is 25.2 Å². The third-order valence-corrected chi connectivity index (χ3v) is 14.2. The van der Waals surface area contributed by atoms with E-state index in [9.17, 15) is 14.4 Å². The van der Waals surface area contributed by atoms with Gasteiger partial charge in [0.25, 0.3) is 0 Å². The summed E-state index contributed by atoms with van der Waals surface area (Å²) >= 11 is 0. The Morgan fingerprint density at radius 1 is 0.303 bits per heavy atom. The minimum Gasteiger partial charge on any atom is -0.462 e. The Hall–Kier alpha value is -1.59. The summed E-state index contributed by atoms with van der Waals surface area (Å²) in [5.74, 6) is 0.0611. The predicted molar refractivity (Wildman–Crippen MR) is 284 cm³/mol. The average molecular weight is 934 g/mol. The van der Waals surface area contributed by atoms with E-state index in [4.69, 9.17) is 14.2 Å². The van der Waals surface area contributed by atoms with Crippen LogP contribution in [0.15, 0.2) is 0 Å². The van der Waals surface area contributed by atoms with Crippen molar-refractivity contribution in [2.75, 3.05) is 13.2 Å². The van der Waals surface area contributed by atoms with Gasteiger partial charge in [0.05, 0.1) is 0 Å². The summed E-state index contributed by atoms with van der Waals surface area (Å²) in [6, 6.07) is 0. The maximum absolute atomic E-state index is 12.9. The third kappa shape index (κ3) is 51.8. The minimum absolute atomic E-state index is 0.0616. The Morgan fingerprint density at radius 3 is 0.788 bits per heavy atom. The fourth-order valence-corrected chi connectivity index (χ4v) is 9.25. The molecule has 0 amide bonds. The van der Waals surface area contributed by atoms with Gasteiger partial charge in [-0.25, -0.2) is 0 Å². The topological polar surface area (TPSA) is 78.9 Å². The van der Waals surface area contributed by atoms with Crippen LogP contribution in [0.3, 0.4) is 0 Å². The highest BCUT2D eigenvalue weighted by atomic mass is 16.6. The van der Waals surface area contributed by atoms with Crippen molar-refractivity contribution in [2.45, 2.75) is 348 Å². The van der Waals surface area contributed by atoms with Crippen LogP contribution in [-0.2, 0) is 28.6 Å². The highest BCUT2D eigenvalue weighted by Crippen LogP contribution is 2.19. The molecular formula is C60H116O6. The first-order chi connectivity index (χ1) is 32.4. The van der Waals surface area contributed by atoms with Crippen LogP contribution in [0.4, 0.5) is 0 Å². The molecule has 0 bridgehead atoms. The lowest BCUT2D eigenvalue weighted by Crippen LogP contribution is -2.30. The van der Waals surface area contributed by atoms with Crippen molar-refractivity contribution in [1.82, 2.24) is 0 Å². The van der Waals surface area contributed by atoms with Crippen molar-refractivity contribution in [3.05, 3.63) is 0 Å². The van der Waals surface area contributed by atoms with E-state index in [1.807, 2.05) is 0 Å². The van der Waals surface area contributed by atoms with Gasteiger partial charge in [0.2, 0.25) is 0 Å². The normalized spacial score (nSPS) is 12.4. The van der Waals surface area contributed by atoms with Crippen molar-refractivity contribution in [1.29, 1.82) is 0 Å². The summed E-state index contributed by atoms with van der Waals surface area (Å²) in [5, 5.41) is 0. The second-order valence-electron chi connectivity index (χ2n) is 20.9. The van der Waals surface area contributed by atoms with Gasteiger partial charge in [0.1, 0.15) is 13.2 Å². The number of unbranched alkanes of at least 4 members (excludes halogenated alkanes) is 41. The lowest BCUT2D eigenvalue weighted by atomic mass is 9.99. The summed E-state index contributed by atoms with van der Waals surface area (Å²) in [4.78, 5) is 38.2. The van der Waals surface area contributed by atoms with Gasteiger partial charge in [-0.15, -0.1) is 0 Å². The number of carbonyl (C=O) groups is 3. The Balaban J connectivity index is 4.27. The molecule has 0 radical (unpaired) electrons. The van der Waals surface area contributed by atoms with Crippen LogP contribution in [0, 0.1) is 5.92 Å². The maximum atomic E-state index is 12.9. The second-order valence-corrected chi connectivity index (χ2v) is 20.9. The molecule has 0 aromatic carbocycles. The molecule has 1 unspecified atom stereocenters. The van der Waals surface area contributed by atoms with Crippen LogP contribution in [0.1, 0.15) is 342 Å². The van der Waals surface area contributed by atoms with E-state index in [1.54, 1.807) is 0 Å². The first-order valence-corrected chi connectivity index (χ1v) is 29.9. The fourth-order valence-electron chi connectivity index (χ4n) is 9.25. The van der Waals surface area contributed by atoms with E-state index < -0.39 is 6.10 Å². The molecule has 0 N–H and O–H groups in total. The van der Waals surface area contributed by atoms with E-state index >= 15 is 0 Å². The van der Waals surface area contributed by atoms with Crippen molar-refractivity contribution < 1.29 is 28.6 Å². The Bertz CT molecular complexity index is 998. The lowest BCUT2D eigenvalue weighted by Gasteiger charge is -2.18. The van der Waals surface area contributed by atoms with Gasteiger partial charge in [0.15, 0.2) is 6.10 Å². The van der Waals surface area contributed by atoms with Gasteiger partial charge in [-0.3, -0.25) is 14.4 Å². The van der Waals surface area contributed by atoms with Crippen LogP contribution in [0.25, 0.3) is 0 Å². The predicted octanol–water partition coefficient (Wildman–Crippen LogP) is 19.8. The number of carbonyl (C=O) groups excluding carboxylic acids is 3. The standard InChI is InChI=1S/C60H116O6/c1-5-8-10-12-14-16-18-20-21-22-23-24-28-32-36-40-44-48-52-59(62)65-55-57(54-64-58(61)51-47-43-39-35-31-19-17-15-13-11-9-6-2)66-60(63)53-49-45-41-37-33-29-26-25-27-30-34-38-42-46-50-56(4)7-3/h56-57H,5-55H2,1-4H3/t56?,57-/m0/s1. The first-order valence-electron chi connectivity index (χ1n) is 29.9. The molecule has 0 heterocycles. The Morgan fingerprint density at radius 2 is 0.530 bits per heavy atom. The van der Waals surface area contributed by atoms with Crippen LogP contribution < -0.4 is 0 Å². The van der Waals surface area contributed by atoms with Gasteiger partial charge in [-0.2, -0.15) is 0 Å². The molecule has 6 nitrogen and oxygen atoms in total. The van der Waals surface area contributed by atoms with Crippen molar-refractivity contribution in [3.63, 3.8) is 0 Å². The Labute approximate surface area is 412 Å². The zero-order chi connectivity index (χ0) is 48.1. The van der Waals surface area contributed by atoms with E-state index in [-0.39, 0.29) is 31.1 Å². The molecule has 2 atom stereocenters. The smallest absolute Gasteiger partial charge is 0.306 e. The van der Waals surface area contributed by atoms with Crippen molar-refractivity contribution in [2.24, 2.45) is 5.92 Å². The molecule has 66 heavy (non-hydrogen) atoms. The molecule has 0 aromatic heterocycles. The molecule has 0 aliphatic rings. The summed E-state index contributed by atoms with van der Waals surface area (Å²) in [6.45, 7) is 9.10. The summed E-state index contributed by atoms with van der Waals surface area (Å²) < 4.78 is 16.9. The average Bonchev–Trinajstić information content (AvgIpc) is 3.32. The number of hydrogen-bond acceptors (Lipinski definition) is 6. The number of ether oxygens (including phenoxy) is 3. The fraction of sp³-hybridized carbons (Fsp3) is 0.950. The monoisotopic (exact) mass is 933 g/mol. The molecule has 0 saturated carbocycles. The minimum atomic E-state index is -0.762. The Kier molecular flexibility index (Phi) is 53.0. The molecule has 0 aromatic rings. The highest BCUT2D eigenvalue weighted by molar-refractivity contribution is 5.71. The van der Waals surface area contributed by atoms with Crippen LogP contribution >= 0.6 is 0 Å². The molecular weight excluding hydrogens is 817 g/mol.